The van der Waals surface area contributed by atoms with Crippen molar-refractivity contribution in [2.45, 2.75) is 19.4 Å². The molecular formula is C10H12O4S. The number of ether oxygens (including phenoxy) is 2. The van der Waals surface area contributed by atoms with Gasteiger partial charge >= 0.3 is 5.97 Å². The first-order chi connectivity index (χ1) is 7.18. The lowest BCUT2D eigenvalue weighted by Crippen LogP contribution is -2.17. The van der Waals surface area contributed by atoms with Gasteiger partial charge in [-0.3, -0.25) is 0 Å². The summed E-state index contributed by atoms with van der Waals surface area (Å²) in [5.74, 6) is -0.426. The molecule has 1 saturated heterocycles. The van der Waals surface area contributed by atoms with Crippen LogP contribution in [0.3, 0.4) is 0 Å². The van der Waals surface area contributed by atoms with Crippen molar-refractivity contribution in [1.82, 2.24) is 0 Å². The summed E-state index contributed by atoms with van der Waals surface area (Å²) in [5, 5.41) is 10.8. The van der Waals surface area contributed by atoms with Crippen LogP contribution in [0.1, 0.15) is 21.7 Å². The molecule has 0 bridgehead atoms. The third-order valence-electron chi connectivity index (χ3n) is 2.28. The van der Waals surface area contributed by atoms with E-state index in [4.69, 9.17) is 14.6 Å². The molecule has 0 unspecified atom stereocenters. The number of carboxylic acids is 1. The minimum absolute atomic E-state index is 0.00333. The number of thiophene rings is 1. The molecule has 15 heavy (non-hydrogen) atoms. The van der Waals surface area contributed by atoms with Crippen molar-refractivity contribution in [3.8, 4) is 5.75 Å². The summed E-state index contributed by atoms with van der Waals surface area (Å²) in [4.78, 5) is 11.2. The minimum Gasteiger partial charge on any atom is -0.486 e. The summed E-state index contributed by atoms with van der Waals surface area (Å²) in [6.07, 6.45) is 0.824. The number of aryl methyl sites for hydroxylation is 1. The molecule has 1 aliphatic rings. The van der Waals surface area contributed by atoms with Crippen molar-refractivity contribution in [3.05, 3.63) is 15.8 Å². The molecule has 0 aliphatic carbocycles. The normalized spacial score (nSPS) is 20.5. The zero-order valence-corrected chi connectivity index (χ0v) is 9.17. The first kappa shape index (κ1) is 10.4. The van der Waals surface area contributed by atoms with Gasteiger partial charge in [-0.1, -0.05) is 0 Å². The molecule has 0 radical (unpaired) electrons. The molecule has 4 nitrogen and oxygen atoms in total. The number of aromatic carboxylic acids is 1. The number of hydrogen-bond donors (Lipinski definition) is 1. The molecular weight excluding hydrogens is 216 g/mol. The second-order valence-electron chi connectivity index (χ2n) is 3.49. The number of carbonyl (C=O) groups is 1. The Hall–Kier alpha value is -1.07. The highest BCUT2D eigenvalue weighted by molar-refractivity contribution is 7.12. The van der Waals surface area contributed by atoms with Crippen LogP contribution >= 0.6 is 11.3 Å². The Bertz CT molecular complexity index is 365. The van der Waals surface area contributed by atoms with Gasteiger partial charge in [0.2, 0.25) is 0 Å². The number of carboxylic acid groups (broad SMARTS) is 1. The highest BCUT2D eigenvalue weighted by Gasteiger charge is 2.23. The molecule has 1 fully saturated rings. The van der Waals surface area contributed by atoms with Gasteiger partial charge in [-0.15, -0.1) is 11.3 Å². The van der Waals surface area contributed by atoms with Gasteiger partial charge in [-0.2, -0.15) is 0 Å². The Morgan fingerprint density at radius 3 is 3.13 bits per heavy atom. The number of hydrogen-bond acceptors (Lipinski definition) is 4. The lowest BCUT2D eigenvalue weighted by molar-refractivity contribution is 0.0693. The zero-order valence-electron chi connectivity index (χ0n) is 8.36. The lowest BCUT2D eigenvalue weighted by atomic mass is 10.2. The Morgan fingerprint density at radius 2 is 2.53 bits per heavy atom. The van der Waals surface area contributed by atoms with Gasteiger partial charge in [0.25, 0.3) is 0 Å². The van der Waals surface area contributed by atoms with Crippen LogP contribution in [0, 0.1) is 6.92 Å². The van der Waals surface area contributed by atoms with Gasteiger partial charge in [0.1, 0.15) is 11.9 Å². The van der Waals surface area contributed by atoms with E-state index in [1.807, 2.05) is 6.92 Å². The largest absolute Gasteiger partial charge is 0.486 e. The number of rotatable bonds is 3. The highest BCUT2D eigenvalue weighted by Crippen LogP contribution is 2.31. The van der Waals surface area contributed by atoms with Crippen LogP contribution < -0.4 is 4.74 Å². The molecule has 0 spiro atoms. The van der Waals surface area contributed by atoms with E-state index in [-0.39, 0.29) is 11.0 Å². The van der Waals surface area contributed by atoms with Crippen LogP contribution in [0.5, 0.6) is 5.75 Å². The van der Waals surface area contributed by atoms with E-state index in [1.54, 1.807) is 5.38 Å². The van der Waals surface area contributed by atoms with Crippen molar-refractivity contribution in [3.63, 3.8) is 0 Å². The molecule has 1 aromatic rings. The smallest absolute Gasteiger partial charge is 0.349 e. The second kappa shape index (κ2) is 4.20. The summed E-state index contributed by atoms with van der Waals surface area (Å²) in [6.45, 7) is 3.10. The molecule has 0 aromatic carbocycles. The van der Waals surface area contributed by atoms with Crippen LogP contribution in [-0.2, 0) is 4.74 Å². The van der Waals surface area contributed by atoms with Crippen LogP contribution in [0.15, 0.2) is 5.38 Å². The lowest BCUT2D eigenvalue weighted by Gasteiger charge is -2.12. The summed E-state index contributed by atoms with van der Waals surface area (Å²) in [5.41, 5.74) is 0.879. The highest BCUT2D eigenvalue weighted by atomic mass is 32.1. The van der Waals surface area contributed by atoms with Crippen molar-refractivity contribution in [1.29, 1.82) is 0 Å². The third kappa shape index (κ3) is 2.13. The van der Waals surface area contributed by atoms with Crippen molar-refractivity contribution in [2.24, 2.45) is 0 Å². The molecule has 0 amide bonds. The molecule has 1 N–H and O–H groups in total. The zero-order chi connectivity index (χ0) is 10.8. The van der Waals surface area contributed by atoms with E-state index >= 15 is 0 Å². The Morgan fingerprint density at radius 1 is 1.73 bits per heavy atom. The van der Waals surface area contributed by atoms with Gasteiger partial charge < -0.3 is 14.6 Å². The van der Waals surface area contributed by atoms with Crippen LogP contribution in [0.4, 0.5) is 0 Å². The predicted molar refractivity (Wildman–Crippen MR) is 55.9 cm³/mol. The molecule has 82 valence electrons. The average Bonchev–Trinajstić information content (AvgIpc) is 2.78. The SMILES string of the molecule is Cc1csc(C(=O)O)c1O[C@H]1CCOC1. The van der Waals surface area contributed by atoms with E-state index in [0.29, 0.717) is 19.0 Å². The standard InChI is InChI=1S/C10H12O4S/c1-6-5-15-9(10(11)12)8(6)14-7-2-3-13-4-7/h5,7H,2-4H2,1H3,(H,11,12)/t7-/m0/s1. The van der Waals surface area contributed by atoms with Gasteiger partial charge in [0, 0.05) is 12.0 Å². The van der Waals surface area contributed by atoms with Crippen LogP contribution in [0.25, 0.3) is 0 Å². The maximum Gasteiger partial charge on any atom is 0.349 e. The first-order valence-electron chi connectivity index (χ1n) is 4.74. The van der Waals surface area contributed by atoms with Gasteiger partial charge in [0.15, 0.2) is 4.88 Å². The second-order valence-corrected chi connectivity index (χ2v) is 4.37. The Kier molecular flexibility index (Phi) is 2.93. The molecule has 0 saturated carbocycles. The average molecular weight is 228 g/mol. The van der Waals surface area contributed by atoms with Crippen LogP contribution in [-0.4, -0.2) is 30.4 Å². The fourth-order valence-corrected chi connectivity index (χ4v) is 2.32. The van der Waals surface area contributed by atoms with E-state index in [1.165, 1.54) is 11.3 Å². The van der Waals surface area contributed by atoms with Crippen molar-refractivity contribution >= 4 is 17.3 Å². The molecule has 2 rings (SSSR count). The predicted octanol–water partition coefficient (Wildman–Crippen LogP) is 1.92. The molecule has 1 atom stereocenters. The monoisotopic (exact) mass is 228 g/mol. The minimum atomic E-state index is -0.929. The van der Waals surface area contributed by atoms with Crippen LogP contribution in [0.2, 0.25) is 0 Å². The molecule has 2 heterocycles. The fourth-order valence-electron chi connectivity index (χ4n) is 1.50. The Labute approximate surface area is 91.4 Å². The molecule has 5 heteroatoms. The third-order valence-corrected chi connectivity index (χ3v) is 3.35. The maximum atomic E-state index is 10.9. The van der Waals surface area contributed by atoms with Gasteiger partial charge in [-0.25, -0.2) is 4.79 Å². The van der Waals surface area contributed by atoms with E-state index < -0.39 is 5.97 Å². The topological polar surface area (TPSA) is 55.8 Å². The Balaban J connectivity index is 2.18. The van der Waals surface area contributed by atoms with E-state index in [9.17, 15) is 4.79 Å². The summed E-state index contributed by atoms with van der Waals surface area (Å²) < 4.78 is 10.8. The molecule has 1 aliphatic heterocycles. The quantitative estimate of drug-likeness (QED) is 0.858. The van der Waals surface area contributed by atoms with E-state index in [0.717, 1.165) is 12.0 Å². The summed E-state index contributed by atoms with van der Waals surface area (Å²) >= 11 is 1.20. The van der Waals surface area contributed by atoms with E-state index in [2.05, 4.69) is 0 Å². The van der Waals surface area contributed by atoms with Crippen molar-refractivity contribution < 1.29 is 19.4 Å². The summed E-state index contributed by atoms with van der Waals surface area (Å²) in [7, 11) is 0. The summed E-state index contributed by atoms with van der Waals surface area (Å²) in [6, 6.07) is 0. The first-order valence-corrected chi connectivity index (χ1v) is 5.62. The van der Waals surface area contributed by atoms with Gasteiger partial charge in [0.05, 0.1) is 13.2 Å². The maximum absolute atomic E-state index is 10.9. The fraction of sp³-hybridized carbons (Fsp3) is 0.500. The molecule has 1 aromatic heterocycles. The van der Waals surface area contributed by atoms with Gasteiger partial charge in [-0.05, 0) is 12.3 Å². The van der Waals surface area contributed by atoms with Crippen molar-refractivity contribution in [2.75, 3.05) is 13.2 Å².